The van der Waals surface area contributed by atoms with E-state index >= 15 is 0 Å². The number of aromatic nitrogens is 2. The van der Waals surface area contributed by atoms with Crippen molar-refractivity contribution < 1.29 is 4.79 Å². The number of unbranched alkanes of at least 4 members (excludes halogenated alkanes) is 1. The van der Waals surface area contributed by atoms with Crippen LogP contribution in [-0.2, 0) is 11.3 Å². The normalized spacial score (nSPS) is 17.9. The van der Waals surface area contributed by atoms with Crippen LogP contribution in [0.5, 0.6) is 0 Å². The number of carbonyl (C=O) groups is 1. The number of nitrogens with two attached hydrogens (primary N) is 1. The molecule has 5 nitrogen and oxygen atoms in total. The van der Waals surface area contributed by atoms with E-state index in [1.807, 2.05) is 19.3 Å². The van der Waals surface area contributed by atoms with Gasteiger partial charge in [-0.15, -0.1) is 0 Å². The van der Waals surface area contributed by atoms with E-state index < -0.39 is 5.54 Å². The number of nitrogens with one attached hydrogen (secondary N) is 1. The van der Waals surface area contributed by atoms with Crippen LogP contribution in [-0.4, -0.2) is 27.0 Å². The van der Waals surface area contributed by atoms with E-state index in [0.29, 0.717) is 12.0 Å². The van der Waals surface area contributed by atoms with Crippen molar-refractivity contribution in [3.8, 4) is 0 Å². The molecule has 1 saturated carbocycles. The molecule has 3 N–H and O–H groups in total. The zero-order valence-corrected chi connectivity index (χ0v) is 13.4. The van der Waals surface area contributed by atoms with Crippen molar-refractivity contribution in [2.75, 3.05) is 0 Å². The zero-order valence-electron chi connectivity index (χ0n) is 13.4. The number of amides is 1. The summed E-state index contributed by atoms with van der Waals surface area (Å²) in [6, 6.07) is 0.490. The fourth-order valence-electron chi connectivity index (χ4n) is 2.72. The summed E-state index contributed by atoms with van der Waals surface area (Å²) in [5, 5.41) is 3.40. The Morgan fingerprint density at radius 1 is 1.52 bits per heavy atom. The highest BCUT2D eigenvalue weighted by atomic mass is 16.1. The van der Waals surface area contributed by atoms with Gasteiger partial charge in [-0.25, -0.2) is 4.98 Å². The summed E-state index contributed by atoms with van der Waals surface area (Å²) in [4.78, 5) is 16.1. The Labute approximate surface area is 127 Å². The van der Waals surface area contributed by atoms with E-state index in [2.05, 4.69) is 28.7 Å². The van der Waals surface area contributed by atoms with Crippen molar-refractivity contribution in [1.29, 1.82) is 0 Å². The second-order valence-electron chi connectivity index (χ2n) is 6.71. The number of carbonyl (C=O) groups excluding carboxylic acids is 1. The largest absolute Gasteiger partial charge is 0.368 e. The number of hydrogen-bond donors (Lipinski definition) is 2. The minimum atomic E-state index is -0.559. The highest BCUT2D eigenvalue weighted by molar-refractivity contribution is 5.84. The van der Waals surface area contributed by atoms with Gasteiger partial charge in [-0.05, 0) is 39.0 Å². The highest BCUT2D eigenvalue weighted by Crippen LogP contribution is 2.25. The van der Waals surface area contributed by atoms with E-state index in [-0.39, 0.29) is 5.91 Å². The van der Waals surface area contributed by atoms with Gasteiger partial charge >= 0.3 is 0 Å². The van der Waals surface area contributed by atoms with Crippen molar-refractivity contribution in [2.45, 2.75) is 76.9 Å². The summed E-state index contributed by atoms with van der Waals surface area (Å²) in [7, 11) is 0. The second-order valence-corrected chi connectivity index (χ2v) is 6.71. The van der Waals surface area contributed by atoms with Crippen molar-refractivity contribution in [3.63, 3.8) is 0 Å². The third-order valence-electron chi connectivity index (χ3n) is 4.23. The van der Waals surface area contributed by atoms with Gasteiger partial charge in [-0.1, -0.05) is 13.8 Å². The van der Waals surface area contributed by atoms with Gasteiger partial charge in [0.05, 0.1) is 5.54 Å². The van der Waals surface area contributed by atoms with Crippen LogP contribution in [0.25, 0.3) is 0 Å². The van der Waals surface area contributed by atoms with Crippen LogP contribution in [0.1, 0.15) is 64.6 Å². The lowest BCUT2D eigenvalue weighted by atomic mass is 9.93. The molecule has 118 valence electrons. The van der Waals surface area contributed by atoms with Crippen LogP contribution in [0.4, 0.5) is 0 Å². The van der Waals surface area contributed by atoms with Crippen LogP contribution in [0.3, 0.4) is 0 Å². The number of imidazole rings is 1. The first-order valence-corrected chi connectivity index (χ1v) is 8.01. The van der Waals surface area contributed by atoms with Gasteiger partial charge in [0.15, 0.2) is 0 Å². The molecule has 1 aromatic rings. The van der Waals surface area contributed by atoms with Crippen LogP contribution in [0, 0.1) is 0 Å². The fraction of sp³-hybridized carbons (Fsp3) is 0.750. The SMILES string of the molecule is CC(C)c1nccn1CCCCC(C)(NC1CC1)C(N)=O. The molecule has 2 rings (SSSR count). The van der Waals surface area contributed by atoms with Gasteiger partial charge in [0.25, 0.3) is 0 Å². The van der Waals surface area contributed by atoms with E-state index in [9.17, 15) is 4.79 Å². The van der Waals surface area contributed by atoms with E-state index in [1.165, 1.54) is 0 Å². The van der Waals surface area contributed by atoms with Crippen molar-refractivity contribution in [2.24, 2.45) is 5.73 Å². The minimum Gasteiger partial charge on any atom is -0.368 e. The minimum absolute atomic E-state index is 0.236. The molecule has 1 aromatic heterocycles. The molecule has 1 aliphatic carbocycles. The molecule has 0 aliphatic heterocycles. The fourth-order valence-corrected chi connectivity index (χ4v) is 2.72. The van der Waals surface area contributed by atoms with Gasteiger partial charge in [0.2, 0.25) is 5.91 Å². The molecule has 1 amide bonds. The third kappa shape index (κ3) is 4.30. The molecule has 21 heavy (non-hydrogen) atoms. The van der Waals surface area contributed by atoms with Crippen molar-refractivity contribution in [1.82, 2.24) is 14.9 Å². The van der Waals surface area contributed by atoms with Gasteiger partial charge in [0, 0.05) is 30.9 Å². The van der Waals surface area contributed by atoms with Gasteiger partial charge in [0.1, 0.15) is 5.82 Å². The van der Waals surface area contributed by atoms with E-state index in [1.54, 1.807) is 0 Å². The number of rotatable bonds is 9. The Bertz CT molecular complexity index is 478. The lowest BCUT2D eigenvalue weighted by Crippen LogP contribution is -2.53. The molecule has 0 spiro atoms. The average molecular weight is 292 g/mol. The molecule has 1 heterocycles. The first kappa shape index (κ1) is 16.0. The molecule has 5 heteroatoms. The lowest BCUT2D eigenvalue weighted by Gasteiger charge is -2.27. The molecule has 1 atom stereocenters. The van der Waals surface area contributed by atoms with Gasteiger partial charge in [-0.2, -0.15) is 0 Å². The quantitative estimate of drug-likeness (QED) is 0.685. The Morgan fingerprint density at radius 2 is 2.24 bits per heavy atom. The highest BCUT2D eigenvalue weighted by Gasteiger charge is 2.36. The van der Waals surface area contributed by atoms with Gasteiger partial charge < -0.3 is 15.6 Å². The Kier molecular flexibility index (Phi) is 5.04. The summed E-state index contributed by atoms with van der Waals surface area (Å²) in [6.45, 7) is 7.20. The van der Waals surface area contributed by atoms with Crippen LogP contribution >= 0.6 is 0 Å². The predicted molar refractivity (Wildman–Crippen MR) is 83.9 cm³/mol. The maximum absolute atomic E-state index is 11.7. The maximum atomic E-state index is 11.7. The number of primary amides is 1. The molecule has 0 radical (unpaired) electrons. The molecule has 0 saturated heterocycles. The van der Waals surface area contributed by atoms with E-state index in [4.69, 9.17) is 5.73 Å². The zero-order chi connectivity index (χ0) is 15.5. The molecule has 1 fully saturated rings. The topological polar surface area (TPSA) is 72.9 Å². The maximum Gasteiger partial charge on any atom is 0.237 e. The van der Waals surface area contributed by atoms with E-state index in [0.717, 1.165) is 44.5 Å². The molecule has 1 unspecified atom stereocenters. The van der Waals surface area contributed by atoms with Crippen LogP contribution in [0.2, 0.25) is 0 Å². The summed E-state index contributed by atoms with van der Waals surface area (Å²) in [5.74, 6) is 1.33. The number of nitrogens with zero attached hydrogens (tertiary/aromatic N) is 2. The third-order valence-corrected chi connectivity index (χ3v) is 4.23. The molecule has 1 aliphatic rings. The molecule has 0 aromatic carbocycles. The Hall–Kier alpha value is -1.36. The molecular weight excluding hydrogens is 264 g/mol. The van der Waals surface area contributed by atoms with Crippen LogP contribution < -0.4 is 11.1 Å². The number of aryl methyl sites for hydroxylation is 1. The second kappa shape index (κ2) is 6.60. The first-order chi connectivity index (χ1) is 9.92. The summed E-state index contributed by atoms with van der Waals surface area (Å²) < 4.78 is 2.21. The number of hydrogen-bond acceptors (Lipinski definition) is 3. The van der Waals surface area contributed by atoms with Gasteiger partial charge in [-0.3, -0.25) is 4.79 Å². The standard InChI is InChI=1S/C16H28N4O/c1-12(2)14-18-9-11-20(14)10-5-4-8-16(3,15(17)21)19-13-6-7-13/h9,11-13,19H,4-8,10H2,1-3H3,(H2,17,21). The lowest BCUT2D eigenvalue weighted by molar-refractivity contribution is -0.124. The molecular formula is C16H28N4O. The molecule has 0 bridgehead atoms. The Morgan fingerprint density at radius 3 is 2.81 bits per heavy atom. The monoisotopic (exact) mass is 292 g/mol. The smallest absolute Gasteiger partial charge is 0.237 e. The summed E-state index contributed by atoms with van der Waals surface area (Å²) in [5.41, 5.74) is 5.01. The van der Waals surface area contributed by atoms with Crippen molar-refractivity contribution >= 4 is 5.91 Å². The van der Waals surface area contributed by atoms with Crippen molar-refractivity contribution in [3.05, 3.63) is 18.2 Å². The summed E-state index contributed by atoms with van der Waals surface area (Å²) >= 11 is 0. The first-order valence-electron chi connectivity index (χ1n) is 8.01. The predicted octanol–water partition coefficient (Wildman–Crippen LogP) is 2.17. The summed E-state index contributed by atoms with van der Waals surface area (Å²) in [6.07, 6.45) is 9.03. The average Bonchev–Trinajstić information content (AvgIpc) is 3.08. The Balaban J connectivity index is 1.79. The van der Waals surface area contributed by atoms with Crippen LogP contribution in [0.15, 0.2) is 12.4 Å².